The molecule has 0 fully saturated rings. The average Bonchev–Trinajstić information content (AvgIpc) is 0. The van der Waals surface area contributed by atoms with Crippen LogP contribution in [0.4, 0.5) is 0 Å². The average molecular weight is 239 g/mol. The Morgan fingerprint density at radius 1 is 0.500 bits per heavy atom. The van der Waals surface area contributed by atoms with Crippen LogP contribution in [-0.2, 0) is 68.3 Å². The van der Waals surface area contributed by atoms with Gasteiger partial charge in [-0.1, -0.05) is 0 Å². The molecule has 0 bridgehead atoms. The van der Waals surface area contributed by atoms with E-state index in [2.05, 4.69) is 0 Å². The molecule has 0 saturated heterocycles. The zero-order valence-corrected chi connectivity index (χ0v) is 5.40. The van der Waals surface area contributed by atoms with Gasteiger partial charge in [0.2, 0.25) is 0 Å². The van der Waals surface area contributed by atoms with E-state index in [1.807, 2.05) is 0 Å². The summed E-state index contributed by atoms with van der Waals surface area (Å²) in [6, 6.07) is 0. The Morgan fingerprint density at radius 3 is 0.500 bits per heavy atom. The van der Waals surface area contributed by atoms with Crippen LogP contribution in [0.15, 0.2) is 0 Å². The molecule has 0 aliphatic carbocycles. The van der Waals surface area contributed by atoms with Gasteiger partial charge in [-0.25, -0.2) is 0 Å². The molecule has 2 radical (unpaired) electrons. The predicted molar refractivity (Wildman–Crippen MR) is 0 cm³/mol. The van der Waals surface area contributed by atoms with Crippen molar-refractivity contribution >= 4 is 0 Å². The van der Waals surface area contributed by atoms with Gasteiger partial charge in [0.25, 0.3) is 0 Å². The fraction of sp³-hybridized carbons (Fsp3) is 0. The topological polar surface area (TPSA) is 0 Å². The molecule has 0 rings (SSSR count). The van der Waals surface area contributed by atoms with Gasteiger partial charge in [0.05, 0.1) is 0 Å². The maximum Gasteiger partial charge on any atom is 0 e. The maximum atomic E-state index is 0. The second kappa shape index (κ2) is 19.6. The largest absolute Gasteiger partial charge is 0 e. The smallest absolute Gasteiger partial charge is 0 e. The first kappa shape index (κ1) is 36.3. The van der Waals surface area contributed by atoms with Crippen molar-refractivity contribution in [3.63, 3.8) is 0 Å². The Morgan fingerprint density at radius 2 is 0.500 bits per heavy atom. The van der Waals surface area contributed by atoms with Crippen LogP contribution in [0.1, 0.15) is 0 Å². The van der Waals surface area contributed by atoms with Crippen LogP contribution >= 0.6 is 0 Å². The van der Waals surface area contributed by atoms with E-state index in [1.54, 1.807) is 0 Å². The van der Waals surface area contributed by atoms with E-state index >= 15 is 0 Å². The summed E-state index contributed by atoms with van der Waals surface area (Å²) in [7, 11) is 0. The summed E-state index contributed by atoms with van der Waals surface area (Å²) in [5, 5.41) is 0. The predicted octanol–water partition coefficient (Wildman–Crippen LogP) is -0.0100. The molecule has 0 aliphatic heterocycles. The summed E-state index contributed by atoms with van der Waals surface area (Å²) in [4.78, 5) is 0. The van der Waals surface area contributed by atoms with Gasteiger partial charge >= 0.3 is 0 Å². The van der Waals surface area contributed by atoms with Gasteiger partial charge < -0.3 is 0 Å². The molecule has 0 N–H and O–H groups in total. The normalized spacial score (nSPS) is 0. The molecule has 0 aromatic rings. The molecular formula is Cu2Fe2. The molecule has 0 atom stereocenters. The minimum atomic E-state index is 0. The molecule has 0 unspecified atom stereocenters. The summed E-state index contributed by atoms with van der Waals surface area (Å²) in [5.74, 6) is 0. The van der Waals surface area contributed by atoms with Gasteiger partial charge in [-0.15, -0.1) is 0 Å². The Kier molecular flexibility index (Phi) is 177. The van der Waals surface area contributed by atoms with Gasteiger partial charge in [-0.05, 0) is 0 Å². The van der Waals surface area contributed by atoms with Crippen molar-refractivity contribution in [1.82, 2.24) is 0 Å². The number of rotatable bonds is 0. The van der Waals surface area contributed by atoms with Crippen LogP contribution in [-0.4, -0.2) is 0 Å². The van der Waals surface area contributed by atoms with Crippen LogP contribution in [0.5, 0.6) is 0 Å². The van der Waals surface area contributed by atoms with Crippen LogP contribution in [0.25, 0.3) is 0 Å². The first-order valence-electron chi connectivity index (χ1n) is 0. The maximum absolute atomic E-state index is 0. The zero-order valence-electron chi connectivity index (χ0n) is 1.31. The fourth-order valence-corrected chi connectivity index (χ4v) is 0. The molecular weight excluding hydrogens is 239 g/mol. The monoisotopic (exact) mass is 238 g/mol. The van der Waals surface area contributed by atoms with Crippen LogP contribution < -0.4 is 0 Å². The molecule has 0 aromatic carbocycles. The summed E-state index contributed by atoms with van der Waals surface area (Å²) >= 11 is 0. The van der Waals surface area contributed by atoms with Crippen LogP contribution in [0, 0.1) is 0 Å². The molecule has 38 valence electrons. The SMILES string of the molecule is [Cu].[Cu].[Fe].[Fe]. The Balaban J connectivity index is 0. The van der Waals surface area contributed by atoms with Crippen molar-refractivity contribution in [1.29, 1.82) is 0 Å². The van der Waals surface area contributed by atoms with E-state index in [-0.39, 0.29) is 68.3 Å². The van der Waals surface area contributed by atoms with Crippen LogP contribution in [0.3, 0.4) is 0 Å². The van der Waals surface area contributed by atoms with Crippen LogP contribution in [0.2, 0.25) is 0 Å². The molecule has 0 aromatic heterocycles. The van der Waals surface area contributed by atoms with E-state index in [9.17, 15) is 0 Å². The summed E-state index contributed by atoms with van der Waals surface area (Å²) in [5.41, 5.74) is 0. The number of hydrogen-bond acceptors (Lipinski definition) is 0. The summed E-state index contributed by atoms with van der Waals surface area (Å²) < 4.78 is 0. The first-order chi connectivity index (χ1) is 0. The second-order valence-electron chi connectivity index (χ2n) is 0. The second-order valence-corrected chi connectivity index (χ2v) is 0. The Hall–Kier alpha value is 2.08. The molecule has 0 spiro atoms. The minimum absolute atomic E-state index is 0. The van der Waals surface area contributed by atoms with E-state index in [0.29, 0.717) is 0 Å². The quantitative estimate of drug-likeness (QED) is 0.521. The zero-order chi connectivity index (χ0) is 0. The number of hydrogen-bond donors (Lipinski definition) is 0. The molecule has 0 nitrogen and oxygen atoms in total. The van der Waals surface area contributed by atoms with Crippen molar-refractivity contribution < 1.29 is 68.3 Å². The fourth-order valence-electron chi connectivity index (χ4n) is 0. The minimum Gasteiger partial charge on any atom is 0 e. The van der Waals surface area contributed by atoms with Gasteiger partial charge in [-0.2, -0.15) is 0 Å². The summed E-state index contributed by atoms with van der Waals surface area (Å²) in [6.07, 6.45) is 0. The Labute approximate surface area is 67.8 Å². The van der Waals surface area contributed by atoms with Gasteiger partial charge in [0.1, 0.15) is 0 Å². The molecule has 0 aliphatic rings. The molecule has 0 saturated carbocycles. The van der Waals surface area contributed by atoms with E-state index in [0.717, 1.165) is 0 Å². The first-order valence-corrected chi connectivity index (χ1v) is 0. The van der Waals surface area contributed by atoms with Crippen molar-refractivity contribution in [2.75, 3.05) is 0 Å². The third-order valence-electron chi connectivity index (χ3n) is 0. The van der Waals surface area contributed by atoms with Gasteiger partial charge in [-0.3, -0.25) is 0 Å². The third-order valence-corrected chi connectivity index (χ3v) is 0. The third kappa shape index (κ3) is 8.95. The summed E-state index contributed by atoms with van der Waals surface area (Å²) in [6.45, 7) is 0. The van der Waals surface area contributed by atoms with Gasteiger partial charge in [0.15, 0.2) is 0 Å². The van der Waals surface area contributed by atoms with Gasteiger partial charge in [0, 0.05) is 68.3 Å². The van der Waals surface area contributed by atoms with Crippen molar-refractivity contribution in [3.8, 4) is 0 Å². The molecule has 0 amide bonds. The van der Waals surface area contributed by atoms with Crippen molar-refractivity contribution in [2.45, 2.75) is 0 Å². The van der Waals surface area contributed by atoms with E-state index < -0.39 is 0 Å². The van der Waals surface area contributed by atoms with E-state index in [4.69, 9.17) is 0 Å². The molecule has 4 heteroatoms. The standard InChI is InChI=1S/2Cu.2Fe. The molecule has 4 heavy (non-hydrogen) atoms. The van der Waals surface area contributed by atoms with E-state index in [1.165, 1.54) is 0 Å². The van der Waals surface area contributed by atoms with Crippen molar-refractivity contribution in [3.05, 3.63) is 0 Å². The van der Waals surface area contributed by atoms with Crippen molar-refractivity contribution in [2.24, 2.45) is 0 Å². The molecule has 0 heterocycles. The Bertz CT molecular complexity index is 4.00.